The van der Waals surface area contributed by atoms with E-state index < -0.39 is 23.1 Å². The van der Waals surface area contributed by atoms with Crippen LogP contribution in [0, 0.1) is 11.3 Å². The van der Waals surface area contributed by atoms with Crippen LogP contribution in [0.2, 0.25) is 0 Å². The van der Waals surface area contributed by atoms with Crippen LogP contribution in [0.1, 0.15) is 53.4 Å². The first-order chi connectivity index (χ1) is 10.2. The van der Waals surface area contributed by atoms with Gasteiger partial charge in [0.1, 0.15) is 5.60 Å². The number of carboxylic acid groups (broad SMARTS) is 1. The second-order valence-corrected chi connectivity index (χ2v) is 8.29. The molecular weight excluding hydrogens is 302 g/mol. The normalized spacial score (nSPS) is 17.6. The molecule has 1 unspecified atom stereocenters. The molecule has 0 heterocycles. The Balaban J connectivity index is 2.62. The topological polar surface area (TPSA) is 75.6 Å². The fraction of sp³-hybridized carbons (Fsp3) is 0.875. The summed E-state index contributed by atoms with van der Waals surface area (Å²) < 4.78 is 5.21. The fourth-order valence-corrected chi connectivity index (χ4v) is 3.25. The van der Waals surface area contributed by atoms with Crippen LogP contribution in [0.4, 0.5) is 4.79 Å². The zero-order chi connectivity index (χ0) is 16.8. The number of hydrogen-bond donors (Lipinski definition) is 2. The molecule has 128 valence electrons. The molecule has 1 aliphatic carbocycles. The summed E-state index contributed by atoms with van der Waals surface area (Å²) in [5, 5.41) is 12.4. The van der Waals surface area contributed by atoms with Gasteiger partial charge in [0.25, 0.3) is 0 Å². The molecule has 5 nitrogen and oxygen atoms in total. The van der Waals surface area contributed by atoms with Crippen LogP contribution in [0.25, 0.3) is 0 Å². The highest BCUT2D eigenvalue weighted by molar-refractivity contribution is 7.99. The molecule has 0 bridgehead atoms. The smallest absolute Gasteiger partial charge is 0.407 e. The zero-order valence-electron chi connectivity index (χ0n) is 14.1. The summed E-state index contributed by atoms with van der Waals surface area (Å²) in [5.41, 5.74) is -1.42. The number of carbonyl (C=O) groups is 2. The van der Waals surface area contributed by atoms with E-state index in [9.17, 15) is 14.7 Å². The molecule has 0 aromatic heterocycles. The van der Waals surface area contributed by atoms with Gasteiger partial charge in [-0.1, -0.05) is 6.92 Å². The molecular formula is C16H29NO4S. The highest BCUT2D eigenvalue weighted by atomic mass is 32.2. The molecule has 0 spiro atoms. The average molecular weight is 331 g/mol. The molecule has 1 aliphatic rings. The first kappa shape index (κ1) is 19.1. The number of thioether (sulfide) groups is 1. The Labute approximate surface area is 137 Å². The number of hydrogen-bond acceptors (Lipinski definition) is 4. The van der Waals surface area contributed by atoms with Crippen molar-refractivity contribution in [2.24, 2.45) is 11.3 Å². The lowest BCUT2D eigenvalue weighted by Crippen LogP contribution is -2.46. The SMILES string of the molecule is CCSCCCC(CNC(=O)OC(C)(C)C)(C(=O)O)C1CC1. The van der Waals surface area contributed by atoms with Crippen molar-refractivity contribution >= 4 is 23.8 Å². The minimum absolute atomic E-state index is 0.151. The number of amides is 1. The van der Waals surface area contributed by atoms with Crippen molar-refractivity contribution in [3.05, 3.63) is 0 Å². The summed E-state index contributed by atoms with van der Waals surface area (Å²) in [5.74, 6) is 1.38. The van der Waals surface area contributed by atoms with Gasteiger partial charge in [-0.3, -0.25) is 4.79 Å². The lowest BCUT2D eigenvalue weighted by molar-refractivity contribution is -0.150. The van der Waals surface area contributed by atoms with E-state index in [0.717, 1.165) is 30.8 Å². The van der Waals surface area contributed by atoms with Crippen LogP contribution < -0.4 is 5.32 Å². The fourth-order valence-electron chi connectivity index (χ4n) is 2.61. The van der Waals surface area contributed by atoms with Crippen molar-refractivity contribution in [1.82, 2.24) is 5.32 Å². The Hall–Kier alpha value is -0.910. The maximum atomic E-state index is 11.9. The largest absolute Gasteiger partial charge is 0.481 e. The lowest BCUT2D eigenvalue weighted by Gasteiger charge is -2.30. The van der Waals surface area contributed by atoms with E-state index in [0.29, 0.717) is 6.42 Å². The molecule has 0 aliphatic heterocycles. The van der Waals surface area contributed by atoms with E-state index in [1.54, 1.807) is 20.8 Å². The average Bonchev–Trinajstić information content (AvgIpc) is 3.20. The van der Waals surface area contributed by atoms with Crippen molar-refractivity contribution < 1.29 is 19.4 Å². The summed E-state index contributed by atoms with van der Waals surface area (Å²) in [6, 6.07) is 0. The van der Waals surface area contributed by atoms with E-state index in [-0.39, 0.29) is 12.5 Å². The Morgan fingerprint density at radius 3 is 2.41 bits per heavy atom. The number of carboxylic acids is 1. The number of carbonyl (C=O) groups excluding carboxylic acids is 1. The number of rotatable bonds is 9. The molecule has 0 saturated heterocycles. The van der Waals surface area contributed by atoms with Crippen molar-refractivity contribution in [1.29, 1.82) is 0 Å². The minimum Gasteiger partial charge on any atom is -0.481 e. The van der Waals surface area contributed by atoms with E-state index in [1.807, 2.05) is 11.8 Å². The molecule has 1 atom stereocenters. The molecule has 1 saturated carbocycles. The molecule has 0 radical (unpaired) electrons. The first-order valence-corrected chi connectivity index (χ1v) is 9.15. The van der Waals surface area contributed by atoms with Gasteiger partial charge in [0, 0.05) is 6.54 Å². The van der Waals surface area contributed by atoms with Gasteiger partial charge in [-0.15, -0.1) is 0 Å². The van der Waals surface area contributed by atoms with Crippen molar-refractivity contribution in [2.75, 3.05) is 18.1 Å². The molecule has 22 heavy (non-hydrogen) atoms. The maximum Gasteiger partial charge on any atom is 0.407 e. The summed E-state index contributed by atoms with van der Waals surface area (Å²) >= 11 is 1.82. The zero-order valence-corrected chi connectivity index (χ0v) is 14.9. The predicted octanol–water partition coefficient (Wildman–Crippen LogP) is 3.53. The number of nitrogens with one attached hydrogen (secondary N) is 1. The highest BCUT2D eigenvalue weighted by Crippen LogP contribution is 2.48. The van der Waals surface area contributed by atoms with Crippen LogP contribution in [0.5, 0.6) is 0 Å². The van der Waals surface area contributed by atoms with Crippen LogP contribution in [-0.4, -0.2) is 40.8 Å². The molecule has 1 amide bonds. The summed E-state index contributed by atoms with van der Waals surface area (Å²) in [7, 11) is 0. The number of aliphatic carboxylic acids is 1. The van der Waals surface area contributed by atoms with Crippen molar-refractivity contribution in [2.45, 2.75) is 59.0 Å². The summed E-state index contributed by atoms with van der Waals surface area (Å²) in [6.45, 7) is 7.62. The molecule has 2 N–H and O–H groups in total. The minimum atomic E-state index is -0.842. The van der Waals surface area contributed by atoms with Gasteiger partial charge in [0.2, 0.25) is 0 Å². The second kappa shape index (κ2) is 8.09. The molecule has 6 heteroatoms. The van der Waals surface area contributed by atoms with Crippen LogP contribution in [0.3, 0.4) is 0 Å². The third-order valence-corrected chi connectivity index (χ3v) is 4.83. The van der Waals surface area contributed by atoms with Crippen molar-refractivity contribution in [3.63, 3.8) is 0 Å². The van der Waals surface area contributed by atoms with Gasteiger partial charge in [0.05, 0.1) is 5.41 Å². The third-order valence-electron chi connectivity index (χ3n) is 3.85. The Morgan fingerprint density at radius 1 is 1.32 bits per heavy atom. The standard InChI is InChI=1S/C16H29NO4S/c1-5-22-10-6-9-16(13(18)19,12-7-8-12)11-17-14(20)21-15(2,3)4/h12H,5-11H2,1-4H3,(H,17,20)(H,18,19). The summed E-state index contributed by atoms with van der Waals surface area (Å²) in [6.07, 6.45) is 2.79. The van der Waals surface area contributed by atoms with Crippen LogP contribution >= 0.6 is 11.8 Å². The predicted molar refractivity (Wildman–Crippen MR) is 89.3 cm³/mol. The third kappa shape index (κ3) is 6.07. The molecule has 1 rings (SSSR count). The van der Waals surface area contributed by atoms with Crippen molar-refractivity contribution in [3.8, 4) is 0 Å². The number of ether oxygens (including phenoxy) is 1. The van der Waals surface area contributed by atoms with Gasteiger partial charge < -0.3 is 15.2 Å². The van der Waals surface area contributed by atoms with E-state index >= 15 is 0 Å². The second-order valence-electron chi connectivity index (χ2n) is 6.89. The maximum absolute atomic E-state index is 11.9. The molecule has 0 aromatic rings. The highest BCUT2D eigenvalue weighted by Gasteiger charge is 2.50. The van der Waals surface area contributed by atoms with E-state index in [4.69, 9.17) is 4.74 Å². The Bertz CT molecular complexity index is 390. The summed E-state index contributed by atoms with van der Waals surface area (Å²) in [4.78, 5) is 23.7. The van der Waals surface area contributed by atoms with Gasteiger partial charge >= 0.3 is 12.1 Å². The van der Waals surface area contributed by atoms with Gasteiger partial charge in [-0.25, -0.2) is 4.79 Å². The van der Waals surface area contributed by atoms with Crippen LogP contribution in [0.15, 0.2) is 0 Å². The monoisotopic (exact) mass is 331 g/mol. The molecule has 1 fully saturated rings. The first-order valence-electron chi connectivity index (χ1n) is 7.99. The lowest BCUT2D eigenvalue weighted by atomic mass is 9.78. The number of alkyl carbamates (subject to hydrolysis) is 1. The van der Waals surface area contributed by atoms with Gasteiger partial charge in [0.15, 0.2) is 0 Å². The molecule has 0 aromatic carbocycles. The van der Waals surface area contributed by atoms with Gasteiger partial charge in [-0.2, -0.15) is 11.8 Å². The van der Waals surface area contributed by atoms with E-state index in [1.165, 1.54) is 0 Å². The van der Waals surface area contributed by atoms with E-state index in [2.05, 4.69) is 12.2 Å². The Morgan fingerprint density at radius 2 is 1.95 bits per heavy atom. The van der Waals surface area contributed by atoms with Gasteiger partial charge in [-0.05, 0) is 63.9 Å². The quantitative estimate of drug-likeness (QED) is 0.632. The van der Waals surface area contributed by atoms with Crippen LogP contribution in [-0.2, 0) is 9.53 Å². The Kier molecular flexibility index (Phi) is 7.03.